The highest BCUT2D eigenvalue weighted by molar-refractivity contribution is 6.01. The number of carbonyl (C=O) groups is 3. The van der Waals surface area contributed by atoms with E-state index in [0.29, 0.717) is 17.5 Å². The van der Waals surface area contributed by atoms with E-state index in [1.807, 2.05) is 19.9 Å². The Kier molecular flexibility index (Phi) is 6.17. The standard InChI is InChI=1S/C21H25N5O3/c1-13(2)11-17(20(28)23-9-8-22)25-19(27)15-3-6-18-14(12-15)7-10-26(18)21(29)24-16-4-5-16/h3,6-7,10,12-13,16-17H,4-5,9,11H2,1-2H3,(H,23,28)(H,24,29)(H,25,27). The van der Waals surface area contributed by atoms with Crippen molar-refractivity contribution < 1.29 is 14.4 Å². The van der Waals surface area contributed by atoms with Crippen LogP contribution >= 0.6 is 0 Å². The molecule has 1 saturated carbocycles. The normalized spacial score (nSPS) is 14.3. The maximum Gasteiger partial charge on any atom is 0.326 e. The third kappa shape index (κ3) is 5.13. The smallest absolute Gasteiger partial charge is 0.326 e. The summed E-state index contributed by atoms with van der Waals surface area (Å²) in [6.45, 7) is 3.81. The number of amides is 3. The third-order valence-corrected chi connectivity index (χ3v) is 4.75. The van der Waals surface area contributed by atoms with Crippen LogP contribution in [0.4, 0.5) is 4.79 Å². The molecule has 1 aliphatic carbocycles. The quantitative estimate of drug-likeness (QED) is 0.623. The number of nitrogens with zero attached hydrogens (tertiary/aromatic N) is 2. The lowest BCUT2D eigenvalue weighted by Gasteiger charge is -2.19. The van der Waals surface area contributed by atoms with Gasteiger partial charge in [-0.3, -0.25) is 14.2 Å². The average molecular weight is 395 g/mol. The lowest BCUT2D eigenvalue weighted by Crippen LogP contribution is -2.47. The third-order valence-electron chi connectivity index (χ3n) is 4.75. The number of hydrogen-bond acceptors (Lipinski definition) is 4. The molecule has 8 nitrogen and oxygen atoms in total. The average Bonchev–Trinajstić information content (AvgIpc) is 3.39. The summed E-state index contributed by atoms with van der Waals surface area (Å²) < 4.78 is 1.53. The van der Waals surface area contributed by atoms with Crippen molar-refractivity contribution >= 4 is 28.7 Å². The number of carbonyl (C=O) groups excluding carboxylic acids is 3. The van der Waals surface area contributed by atoms with Crippen molar-refractivity contribution in [3.05, 3.63) is 36.0 Å². The Labute approximate surface area is 169 Å². The molecule has 0 bridgehead atoms. The minimum absolute atomic E-state index is 0.105. The Morgan fingerprint density at radius 3 is 2.66 bits per heavy atom. The summed E-state index contributed by atoms with van der Waals surface area (Å²) in [4.78, 5) is 37.3. The molecule has 152 valence electrons. The van der Waals surface area contributed by atoms with Crippen LogP contribution in [0.1, 0.15) is 43.5 Å². The monoisotopic (exact) mass is 395 g/mol. The number of benzene rings is 1. The first kappa shape index (κ1) is 20.4. The fourth-order valence-corrected chi connectivity index (χ4v) is 3.13. The molecule has 1 aromatic carbocycles. The van der Waals surface area contributed by atoms with Crippen LogP contribution in [-0.4, -0.2) is 41.0 Å². The highest BCUT2D eigenvalue weighted by Gasteiger charge is 2.25. The maximum atomic E-state index is 12.7. The van der Waals surface area contributed by atoms with E-state index in [2.05, 4.69) is 16.0 Å². The molecule has 8 heteroatoms. The fraction of sp³-hybridized carbons (Fsp3) is 0.429. The van der Waals surface area contributed by atoms with Crippen LogP contribution in [0.3, 0.4) is 0 Å². The van der Waals surface area contributed by atoms with Gasteiger partial charge < -0.3 is 16.0 Å². The van der Waals surface area contributed by atoms with E-state index in [1.165, 1.54) is 4.57 Å². The first-order valence-corrected chi connectivity index (χ1v) is 9.76. The van der Waals surface area contributed by atoms with E-state index in [1.54, 1.807) is 30.5 Å². The molecule has 1 aromatic heterocycles. The molecule has 1 heterocycles. The molecule has 2 aromatic rings. The number of hydrogen-bond donors (Lipinski definition) is 3. The summed E-state index contributed by atoms with van der Waals surface area (Å²) in [5, 5.41) is 17.6. The molecule has 3 amide bonds. The molecule has 0 radical (unpaired) electrons. The van der Waals surface area contributed by atoms with Crippen molar-refractivity contribution in [2.24, 2.45) is 5.92 Å². The van der Waals surface area contributed by atoms with Gasteiger partial charge in [0.2, 0.25) is 5.91 Å². The number of aromatic nitrogens is 1. The molecule has 1 atom stereocenters. The van der Waals surface area contributed by atoms with Crippen molar-refractivity contribution in [1.29, 1.82) is 5.26 Å². The molecule has 1 aliphatic rings. The maximum absolute atomic E-state index is 12.7. The summed E-state index contributed by atoms with van der Waals surface area (Å²) in [6.07, 6.45) is 4.16. The highest BCUT2D eigenvalue weighted by Crippen LogP contribution is 2.21. The topological polar surface area (TPSA) is 116 Å². The lowest BCUT2D eigenvalue weighted by atomic mass is 10.0. The zero-order chi connectivity index (χ0) is 21.0. The van der Waals surface area contributed by atoms with Crippen LogP contribution in [0.25, 0.3) is 10.9 Å². The van der Waals surface area contributed by atoms with Gasteiger partial charge in [-0.25, -0.2) is 4.79 Å². The Bertz CT molecular complexity index is 968. The van der Waals surface area contributed by atoms with Crippen molar-refractivity contribution in [3.8, 4) is 6.07 Å². The Balaban J connectivity index is 1.74. The van der Waals surface area contributed by atoms with Gasteiger partial charge in [-0.1, -0.05) is 13.8 Å². The molecule has 1 unspecified atom stereocenters. The second-order valence-electron chi connectivity index (χ2n) is 7.71. The van der Waals surface area contributed by atoms with Crippen molar-refractivity contribution in [2.75, 3.05) is 6.54 Å². The molecule has 0 spiro atoms. The van der Waals surface area contributed by atoms with Gasteiger partial charge in [0.1, 0.15) is 12.6 Å². The van der Waals surface area contributed by atoms with Gasteiger partial charge >= 0.3 is 6.03 Å². The minimum Gasteiger partial charge on any atom is -0.341 e. The second kappa shape index (κ2) is 8.78. The zero-order valence-electron chi connectivity index (χ0n) is 16.6. The zero-order valence-corrected chi connectivity index (χ0v) is 16.6. The highest BCUT2D eigenvalue weighted by atomic mass is 16.2. The second-order valence-corrected chi connectivity index (χ2v) is 7.71. The number of fused-ring (bicyclic) bond motifs is 1. The number of nitriles is 1. The van der Waals surface area contributed by atoms with Gasteiger partial charge in [0, 0.05) is 23.2 Å². The van der Waals surface area contributed by atoms with E-state index in [-0.39, 0.29) is 36.3 Å². The largest absolute Gasteiger partial charge is 0.341 e. The van der Waals surface area contributed by atoms with Crippen molar-refractivity contribution in [3.63, 3.8) is 0 Å². The van der Waals surface area contributed by atoms with Crippen LogP contribution in [0, 0.1) is 17.2 Å². The number of nitrogens with one attached hydrogen (secondary N) is 3. The minimum atomic E-state index is -0.722. The van der Waals surface area contributed by atoms with Crippen LogP contribution < -0.4 is 16.0 Å². The molecule has 0 saturated heterocycles. The summed E-state index contributed by atoms with van der Waals surface area (Å²) in [5.74, 6) is -0.563. The Hall–Kier alpha value is -3.34. The molecule has 29 heavy (non-hydrogen) atoms. The van der Waals surface area contributed by atoms with Crippen molar-refractivity contribution in [1.82, 2.24) is 20.5 Å². The molecule has 3 N–H and O–H groups in total. The van der Waals surface area contributed by atoms with E-state index in [9.17, 15) is 14.4 Å². The van der Waals surface area contributed by atoms with Gasteiger partial charge in [0.05, 0.1) is 11.6 Å². The summed E-state index contributed by atoms with van der Waals surface area (Å²) in [6, 6.07) is 8.07. The van der Waals surface area contributed by atoms with E-state index < -0.39 is 6.04 Å². The van der Waals surface area contributed by atoms with Gasteiger partial charge in [0.25, 0.3) is 5.91 Å². The van der Waals surface area contributed by atoms with Gasteiger partial charge in [-0.2, -0.15) is 5.26 Å². The Morgan fingerprint density at radius 2 is 2.00 bits per heavy atom. The number of rotatable bonds is 7. The van der Waals surface area contributed by atoms with Crippen LogP contribution in [0.15, 0.2) is 30.5 Å². The van der Waals surface area contributed by atoms with Gasteiger partial charge in [0.15, 0.2) is 0 Å². The molecule has 0 aliphatic heterocycles. The van der Waals surface area contributed by atoms with Crippen LogP contribution in [0.2, 0.25) is 0 Å². The van der Waals surface area contributed by atoms with Crippen LogP contribution in [0.5, 0.6) is 0 Å². The van der Waals surface area contributed by atoms with Gasteiger partial charge in [-0.05, 0) is 49.4 Å². The Morgan fingerprint density at radius 1 is 1.24 bits per heavy atom. The molecule has 1 fully saturated rings. The first-order chi connectivity index (χ1) is 13.9. The molecular formula is C21H25N5O3. The van der Waals surface area contributed by atoms with Crippen molar-refractivity contribution in [2.45, 2.75) is 45.2 Å². The fourth-order valence-electron chi connectivity index (χ4n) is 3.13. The SMILES string of the molecule is CC(C)CC(NC(=O)c1ccc2c(ccn2C(=O)NC2CC2)c1)C(=O)NCC#N. The predicted molar refractivity (Wildman–Crippen MR) is 108 cm³/mol. The van der Waals surface area contributed by atoms with Gasteiger partial charge in [-0.15, -0.1) is 0 Å². The van der Waals surface area contributed by atoms with Crippen LogP contribution in [-0.2, 0) is 4.79 Å². The van der Waals surface area contributed by atoms with E-state index in [0.717, 1.165) is 18.2 Å². The molecular weight excluding hydrogens is 370 g/mol. The van der Waals surface area contributed by atoms with E-state index >= 15 is 0 Å². The summed E-state index contributed by atoms with van der Waals surface area (Å²) in [5.41, 5.74) is 1.12. The lowest BCUT2D eigenvalue weighted by molar-refractivity contribution is -0.123. The first-order valence-electron chi connectivity index (χ1n) is 9.76. The van der Waals surface area contributed by atoms with E-state index in [4.69, 9.17) is 5.26 Å². The summed E-state index contributed by atoms with van der Waals surface area (Å²) in [7, 11) is 0. The predicted octanol–water partition coefficient (Wildman–Crippen LogP) is 2.15. The summed E-state index contributed by atoms with van der Waals surface area (Å²) >= 11 is 0. The molecule has 3 rings (SSSR count).